The van der Waals surface area contributed by atoms with Gasteiger partial charge in [0.05, 0.1) is 5.75 Å². The average molecular weight is 318 g/mol. The molecule has 0 aliphatic carbocycles. The van der Waals surface area contributed by atoms with Gasteiger partial charge in [-0.25, -0.2) is 0 Å². The first-order valence-corrected chi connectivity index (χ1v) is 9.01. The van der Waals surface area contributed by atoms with Crippen molar-refractivity contribution < 1.29 is 0 Å². The van der Waals surface area contributed by atoms with Crippen molar-refractivity contribution in [2.45, 2.75) is 31.9 Å². The first-order valence-electron chi connectivity index (χ1n) is 6.80. The van der Waals surface area contributed by atoms with Crippen molar-refractivity contribution in [3.05, 3.63) is 35.7 Å². The van der Waals surface area contributed by atoms with Crippen LogP contribution in [0, 0.1) is 0 Å². The second-order valence-corrected chi connectivity index (χ2v) is 7.80. The molecular weight excluding hydrogens is 300 g/mol. The Bertz CT molecular complexity index is 750. The van der Waals surface area contributed by atoms with E-state index in [-0.39, 0.29) is 5.41 Å². The van der Waals surface area contributed by atoms with Crippen molar-refractivity contribution in [1.29, 1.82) is 0 Å². The maximum Gasteiger partial charge on any atom is 0.235 e. The molecule has 2 aromatic heterocycles. The van der Waals surface area contributed by atoms with Gasteiger partial charge in [-0.3, -0.25) is 0 Å². The summed E-state index contributed by atoms with van der Waals surface area (Å²) in [6.45, 7) is 6.67. The standard InChI is InChI=1S/C15H18N4S2/c1-15(2,3)11-7-5-10(6-8-11)13-18-19-12(9-20-4)16-17-14(19)21-13/h5-8H,9H2,1-4H3. The molecule has 0 bridgehead atoms. The minimum atomic E-state index is 0.172. The van der Waals surface area contributed by atoms with Crippen LogP contribution in [0.1, 0.15) is 32.2 Å². The van der Waals surface area contributed by atoms with E-state index in [1.807, 2.05) is 4.52 Å². The smallest absolute Gasteiger partial charge is 0.186 e. The number of fused-ring (bicyclic) bond motifs is 1. The minimum Gasteiger partial charge on any atom is -0.186 e. The lowest BCUT2D eigenvalue weighted by Crippen LogP contribution is -2.10. The topological polar surface area (TPSA) is 43.1 Å². The fraction of sp³-hybridized carbons (Fsp3) is 0.400. The molecule has 0 saturated heterocycles. The summed E-state index contributed by atoms with van der Waals surface area (Å²) in [6, 6.07) is 8.64. The molecule has 0 N–H and O–H groups in total. The molecular formula is C15H18N4S2. The third-order valence-corrected chi connectivity index (χ3v) is 4.82. The second-order valence-electron chi connectivity index (χ2n) is 5.98. The molecule has 0 atom stereocenters. The summed E-state index contributed by atoms with van der Waals surface area (Å²) in [4.78, 5) is 0.856. The number of benzene rings is 1. The number of rotatable bonds is 3. The largest absolute Gasteiger partial charge is 0.235 e. The zero-order valence-corrected chi connectivity index (χ0v) is 14.3. The highest BCUT2D eigenvalue weighted by molar-refractivity contribution is 7.97. The summed E-state index contributed by atoms with van der Waals surface area (Å²) < 4.78 is 1.86. The van der Waals surface area contributed by atoms with Gasteiger partial charge in [-0.15, -0.1) is 10.2 Å². The van der Waals surface area contributed by atoms with Gasteiger partial charge in [-0.1, -0.05) is 56.4 Å². The van der Waals surface area contributed by atoms with Crippen molar-refractivity contribution >= 4 is 28.1 Å². The number of thioether (sulfide) groups is 1. The van der Waals surface area contributed by atoms with E-state index >= 15 is 0 Å². The molecule has 0 aliphatic heterocycles. The summed E-state index contributed by atoms with van der Waals surface area (Å²) in [7, 11) is 0. The zero-order valence-electron chi connectivity index (χ0n) is 12.6. The Balaban J connectivity index is 1.96. The van der Waals surface area contributed by atoms with Gasteiger partial charge in [0.2, 0.25) is 4.96 Å². The molecule has 3 rings (SSSR count). The summed E-state index contributed by atoms with van der Waals surface area (Å²) in [5.74, 6) is 1.74. The van der Waals surface area contributed by atoms with E-state index in [1.54, 1.807) is 23.1 Å². The Morgan fingerprint density at radius 3 is 2.48 bits per heavy atom. The van der Waals surface area contributed by atoms with Gasteiger partial charge in [0.25, 0.3) is 0 Å². The Hall–Kier alpha value is -1.40. The van der Waals surface area contributed by atoms with Crippen LogP contribution >= 0.6 is 23.1 Å². The quantitative estimate of drug-likeness (QED) is 0.732. The molecule has 0 fully saturated rings. The second kappa shape index (κ2) is 5.42. The third-order valence-electron chi connectivity index (χ3n) is 3.33. The van der Waals surface area contributed by atoms with Crippen LogP contribution in [0.15, 0.2) is 24.3 Å². The van der Waals surface area contributed by atoms with Crippen molar-refractivity contribution in [2.24, 2.45) is 0 Å². The summed E-state index contributed by atoms with van der Waals surface area (Å²) in [6.07, 6.45) is 2.06. The highest BCUT2D eigenvalue weighted by Crippen LogP contribution is 2.29. The predicted octanol–water partition coefficient (Wildman–Crippen LogP) is 4.01. The lowest BCUT2D eigenvalue weighted by molar-refractivity contribution is 0.590. The highest BCUT2D eigenvalue weighted by Gasteiger charge is 2.15. The molecule has 1 aromatic carbocycles. The molecule has 0 saturated carbocycles. The Labute approximate surface area is 132 Å². The molecule has 0 aliphatic rings. The van der Waals surface area contributed by atoms with Gasteiger partial charge in [-0.2, -0.15) is 21.4 Å². The third kappa shape index (κ3) is 2.82. The van der Waals surface area contributed by atoms with Crippen LogP contribution < -0.4 is 0 Å². The summed E-state index contributed by atoms with van der Waals surface area (Å²) in [5, 5.41) is 14.0. The van der Waals surface area contributed by atoms with Crippen LogP contribution in [0.3, 0.4) is 0 Å². The Kier molecular flexibility index (Phi) is 3.75. The number of aromatic nitrogens is 4. The molecule has 0 radical (unpaired) electrons. The number of hydrogen-bond acceptors (Lipinski definition) is 5. The van der Waals surface area contributed by atoms with Crippen molar-refractivity contribution in [3.63, 3.8) is 0 Å². The van der Waals surface area contributed by atoms with E-state index in [1.165, 1.54) is 5.56 Å². The van der Waals surface area contributed by atoms with Crippen LogP contribution in [0.4, 0.5) is 0 Å². The first-order chi connectivity index (χ1) is 9.99. The molecule has 6 heteroatoms. The molecule has 110 valence electrons. The molecule has 0 spiro atoms. The van der Waals surface area contributed by atoms with E-state index in [9.17, 15) is 0 Å². The lowest BCUT2D eigenvalue weighted by atomic mass is 9.87. The molecule has 0 amide bonds. The van der Waals surface area contributed by atoms with Gasteiger partial charge < -0.3 is 0 Å². The van der Waals surface area contributed by atoms with Crippen LogP contribution in [-0.4, -0.2) is 26.1 Å². The maximum atomic E-state index is 4.65. The van der Waals surface area contributed by atoms with Crippen LogP contribution in [-0.2, 0) is 11.2 Å². The van der Waals surface area contributed by atoms with Gasteiger partial charge in [0, 0.05) is 5.56 Å². The van der Waals surface area contributed by atoms with Gasteiger partial charge in [-0.05, 0) is 17.2 Å². The van der Waals surface area contributed by atoms with Crippen molar-refractivity contribution in [2.75, 3.05) is 6.26 Å². The summed E-state index contributed by atoms with van der Waals surface area (Å²) >= 11 is 3.30. The summed E-state index contributed by atoms with van der Waals surface area (Å²) in [5.41, 5.74) is 2.64. The average Bonchev–Trinajstić information content (AvgIpc) is 3.00. The van der Waals surface area contributed by atoms with Crippen molar-refractivity contribution in [3.8, 4) is 10.6 Å². The van der Waals surface area contributed by atoms with E-state index < -0.39 is 0 Å². The molecule has 4 nitrogen and oxygen atoms in total. The van der Waals surface area contributed by atoms with Crippen molar-refractivity contribution in [1.82, 2.24) is 19.8 Å². The fourth-order valence-corrected chi connectivity index (χ4v) is 3.41. The highest BCUT2D eigenvalue weighted by atomic mass is 32.2. The van der Waals surface area contributed by atoms with E-state index in [4.69, 9.17) is 0 Å². The minimum absolute atomic E-state index is 0.172. The number of nitrogens with zero attached hydrogens (tertiary/aromatic N) is 4. The van der Waals surface area contributed by atoms with Crippen LogP contribution in [0.25, 0.3) is 15.5 Å². The Morgan fingerprint density at radius 1 is 1.14 bits per heavy atom. The molecule has 21 heavy (non-hydrogen) atoms. The van der Waals surface area contributed by atoms with Gasteiger partial charge >= 0.3 is 0 Å². The SMILES string of the molecule is CSCc1nnc2sc(-c3ccc(C(C)(C)C)cc3)nn12. The van der Waals surface area contributed by atoms with E-state index in [0.717, 1.165) is 27.1 Å². The first kappa shape index (κ1) is 14.5. The Morgan fingerprint density at radius 2 is 1.86 bits per heavy atom. The van der Waals surface area contributed by atoms with Gasteiger partial charge in [0.1, 0.15) is 5.01 Å². The molecule has 2 heterocycles. The maximum absolute atomic E-state index is 4.65. The van der Waals surface area contributed by atoms with Gasteiger partial charge in [0.15, 0.2) is 5.82 Å². The van der Waals surface area contributed by atoms with Crippen LogP contribution in [0.2, 0.25) is 0 Å². The fourth-order valence-electron chi connectivity index (χ4n) is 2.11. The van der Waals surface area contributed by atoms with E-state index in [2.05, 4.69) is 66.6 Å². The lowest BCUT2D eigenvalue weighted by Gasteiger charge is -2.18. The molecule has 0 unspecified atom stereocenters. The predicted molar refractivity (Wildman–Crippen MR) is 90.0 cm³/mol. The monoisotopic (exact) mass is 318 g/mol. The number of hydrogen-bond donors (Lipinski definition) is 0. The van der Waals surface area contributed by atoms with Crippen LogP contribution in [0.5, 0.6) is 0 Å². The van der Waals surface area contributed by atoms with E-state index in [0.29, 0.717) is 0 Å². The zero-order chi connectivity index (χ0) is 15.0. The molecule has 3 aromatic rings. The normalized spacial score (nSPS) is 12.2.